The summed E-state index contributed by atoms with van der Waals surface area (Å²) < 4.78 is 0. The zero-order valence-electron chi connectivity index (χ0n) is 8.80. The molecule has 3 nitrogen and oxygen atoms in total. The van der Waals surface area contributed by atoms with Crippen molar-refractivity contribution < 1.29 is 4.79 Å². The third-order valence-electron chi connectivity index (χ3n) is 2.58. The lowest BCUT2D eigenvalue weighted by Crippen LogP contribution is -2.13. The second-order valence-corrected chi connectivity index (χ2v) is 4.80. The van der Waals surface area contributed by atoms with E-state index in [1.165, 1.54) is 13.1 Å². The lowest BCUT2D eigenvalue weighted by molar-refractivity contribution is 0.101. The molecule has 0 aliphatic carbocycles. The zero-order chi connectivity index (χ0) is 11.2. The van der Waals surface area contributed by atoms with Crippen LogP contribution in [-0.2, 0) is 0 Å². The lowest BCUT2D eigenvalue weighted by atomic mass is 10.1. The van der Waals surface area contributed by atoms with Gasteiger partial charge in [0.05, 0.1) is 10.9 Å². The Hall–Kier alpha value is -1.42. The number of aryl methyl sites for hydroxylation is 2. The molecular weight excluding hydrogens is 210 g/mol. The van der Waals surface area contributed by atoms with Crippen LogP contribution in [0.5, 0.6) is 0 Å². The topological polar surface area (TPSA) is 49.9 Å². The number of pyridine rings is 1. The number of aromatic amines is 1. The first-order chi connectivity index (χ1) is 7.02. The molecule has 0 bridgehead atoms. The Morgan fingerprint density at radius 2 is 2.07 bits per heavy atom. The molecular formula is C11H11NO2S. The highest BCUT2D eigenvalue weighted by Crippen LogP contribution is 2.25. The first-order valence-corrected chi connectivity index (χ1v) is 5.46. The Labute approximate surface area is 90.8 Å². The van der Waals surface area contributed by atoms with Gasteiger partial charge in [0, 0.05) is 11.1 Å². The van der Waals surface area contributed by atoms with E-state index in [9.17, 15) is 9.59 Å². The minimum absolute atomic E-state index is 0.155. The van der Waals surface area contributed by atoms with Gasteiger partial charge in [-0.2, -0.15) is 0 Å². The number of carbonyl (C=O) groups excluding carboxylic acids is 1. The summed E-state index contributed by atoms with van der Waals surface area (Å²) in [5.41, 5.74) is 1.06. The fraction of sp³-hybridized carbons (Fsp3) is 0.273. The zero-order valence-corrected chi connectivity index (χ0v) is 9.62. The van der Waals surface area contributed by atoms with Crippen molar-refractivity contribution in [3.05, 3.63) is 32.4 Å². The minimum atomic E-state index is -0.193. The summed E-state index contributed by atoms with van der Waals surface area (Å²) in [7, 11) is 0. The molecule has 0 fully saturated rings. The summed E-state index contributed by atoms with van der Waals surface area (Å²) in [5, 5.41) is 0.658. The van der Waals surface area contributed by atoms with Crippen LogP contribution >= 0.6 is 11.3 Å². The number of ketones is 1. The van der Waals surface area contributed by atoms with Crippen LogP contribution in [0.4, 0.5) is 0 Å². The molecule has 0 radical (unpaired) electrons. The van der Waals surface area contributed by atoms with Gasteiger partial charge in [0.1, 0.15) is 4.83 Å². The normalized spacial score (nSPS) is 10.9. The highest BCUT2D eigenvalue weighted by molar-refractivity contribution is 7.18. The fourth-order valence-electron chi connectivity index (χ4n) is 1.60. The van der Waals surface area contributed by atoms with Crippen molar-refractivity contribution in [2.45, 2.75) is 20.8 Å². The summed E-state index contributed by atoms with van der Waals surface area (Å²) in [5.74, 6) is -0.193. The van der Waals surface area contributed by atoms with E-state index in [1.54, 1.807) is 11.3 Å². The van der Waals surface area contributed by atoms with E-state index in [2.05, 4.69) is 4.98 Å². The maximum absolute atomic E-state index is 12.0. The van der Waals surface area contributed by atoms with E-state index in [-0.39, 0.29) is 16.8 Å². The number of aromatic nitrogens is 1. The summed E-state index contributed by atoms with van der Waals surface area (Å²) in [6, 6.07) is 0. The second-order valence-electron chi connectivity index (χ2n) is 3.58. The van der Waals surface area contributed by atoms with Crippen LogP contribution in [0.3, 0.4) is 0 Å². The number of hydrogen-bond donors (Lipinski definition) is 1. The van der Waals surface area contributed by atoms with Crippen molar-refractivity contribution in [1.82, 2.24) is 4.98 Å². The van der Waals surface area contributed by atoms with Crippen LogP contribution < -0.4 is 5.43 Å². The van der Waals surface area contributed by atoms with Crippen LogP contribution in [0.2, 0.25) is 0 Å². The van der Waals surface area contributed by atoms with Gasteiger partial charge >= 0.3 is 0 Å². The highest BCUT2D eigenvalue weighted by atomic mass is 32.1. The molecule has 0 amide bonds. The molecule has 0 saturated heterocycles. The first-order valence-electron chi connectivity index (χ1n) is 4.64. The molecule has 0 aliphatic heterocycles. The third kappa shape index (κ3) is 1.41. The maximum atomic E-state index is 12.0. The number of hydrogen-bond acceptors (Lipinski definition) is 3. The van der Waals surface area contributed by atoms with Crippen molar-refractivity contribution in [3.8, 4) is 0 Å². The van der Waals surface area contributed by atoms with E-state index in [0.717, 1.165) is 15.3 Å². The van der Waals surface area contributed by atoms with Gasteiger partial charge in [0.2, 0.25) is 5.43 Å². The molecule has 0 unspecified atom stereocenters. The summed E-state index contributed by atoms with van der Waals surface area (Å²) >= 11 is 1.55. The smallest absolute Gasteiger partial charge is 0.201 e. The Morgan fingerprint density at radius 3 is 2.67 bits per heavy atom. The van der Waals surface area contributed by atoms with Gasteiger partial charge in [0.15, 0.2) is 5.78 Å². The minimum Gasteiger partial charge on any atom is -0.352 e. The molecule has 0 aromatic carbocycles. The predicted octanol–water partition coefficient (Wildman–Crippen LogP) is 2.41. The summed E-state index contributed by atoms with van der Waals surface area (Å²) in [6.45, 7) is 5.29. The van der Waals surface area contributed by atoms with Crippen LogP contribution in [0.15, 0.2) is 11.0 Å². The van der Waals surface area contributed by atoms with Crippen molar-refractivity contribution in [1.29, 1.82) is 0 Å². The van der Waals surface area contributed by atoms with Gasteiger partial charge in [0.25, 0.3) is 0 Å². The van der Waals surface area contributed by atoms with Gasteiger partial charge in [-0.25, -0.2) is 0 Å². The molecule has 2 heterocycles. The van der Waals surface area contributed by atoms with Crippen molar-refractivity contribution in [3.63, 3.8) is 0 Å². The Bertz CT molecular complexity index is 607. The third-order valence-corrected chi connectivity index (χ3v) is 3.72. The predicted molar refractivity (Wildman–Crippen MR) is 61.9 cm³/mol. The van der Waals surface area contributed by atoms with Crippen LogP contribution in [0, 0.1) is 13.8 Å². The number of fused-ring (bicyclic) bond motifs is 1. The Balaban J connectivity index is 2.95. The quantitative estimate of drug-likeness (QED) is 0.752. The van der Waals surface area contributed by atoms with Gasteiger partial charge in [-0.15, -0.1) is 11.3 Å². The highest BCUT2D eigenvalue weighted by Gasteiger charge is 2.13. The van der Waals surface area contributed by atoms with E-state index in [4.69, 9.17) is 0 Å². The van der Waals surface area contributed by atoms with Gasteiger partial charge in [-0.05, 0) is 26.3 Å². The van der Waals surface area contributed by atoms with Crippen LogP contribution in [0.1, 0.15) is 27.7 Å². The van der Waals surface area contributed by atoms with Gasteiger partial charge < -0.3 is 4.98 Å². The standard InChI is InChI=1S/C11H11NO2S/c1-5-7(3)15-11-9(5)10(14)8(4-12-11)6(2)13/h4H,1-3H3,(H,12,14). The number of rotatable bonds is 1. The number of carbonyl (C=O) groups is 1. The average Bonchev–Trinajstić information content (AvgIpc) is 2.43. The van der Waals surface area contributed by atoms with E-state index in [1.807, 2.05) is 13.8 Å². The largest absolute Gasteiger partial charge is 0.352 e. The van der Waals surface area contributed by atoms with E-state index < -0.39 is 0 Å². The molecule has 1 N–H and O–H groups in total. The summed E-state index contributed by atoms with van der Waals surface area (Å²) in [4.78, 5) is 28.1. The molecule has 0 aliphatic rings. The average molecular weight is 221 g/mol. The number of H-pyrrole nitrogens is 1. The number of Topliss-reactive ketones (excluding diaryl/α,β-unsaturated/α-hetero) is 1. The Kier molecular flexibility index (Phi) is 2.23. The molecule has 4 heteroatoms. The van der Waals surface area contributed by atoms with Gasteiger partial charge in [-0.3, -0.25) is 9.59 Å². The molecule has 0 saturated carbocycles. The lowest BCUT2D eigenvalue weighted by Gasteiger charge is -1.96. The summed E-state index contributed by atoms with van der Waals surface area (Å²) in [6.07, 6.45) is 1.50. The fourth-order valence-corrected chi connectivity index (χ4v) is 2.63. The first kappa shape index (κ1) is 10.1. The molecule has 2 aromatic rings. The Morgan fingerprint density at radius 1 is 1.40 bits per heavy atom. The molecule has 78 valence electrons. The second kappa shape index (κ2) is 3.31. The van der Waals surface area contributed by atoms with Crippen LogP contribution in [0.25, 0.3) is 10.2 Å². The molecule has 15 heavy (non-hydrogen) atoms. The van der Waals surface area contributed by atoms with Crippen molar-refractivity contribution >= 4 is 27.3 Å². The monoisotopic (exact) mass is 221 g/mol. The maximum Gasteiger partial charge on any atom is 0.201 e. The van der Waals surface area contributed by atoms with Crippen molar-refractivity contribution in [2.24, 2.45) is 0 Å². The molecule has 2 aromatic heterocycles. The molecule has 2 rings (SSSR count). The van der Waals surface area contributed by atoms with Crippen molar-refractivity contribution in [2.75, 3.05) is 0 Å². The van der Waals surface area contributed by atoms with Gasteiger partial charge in [-0.1, -0.05) is 0 Å². The van der Waals surface area contributed by atoms with E-state index in [0.29, 0.717) is 5.39 Å². The molecule has 0 spiro atoms. The SMILES string of the molecule is CC(=O)c1c[nH]c2sc(C)c(C)c2c1=O. The van der Waals surface area contributed by atoms with E-state index >= 15 is 0 Å². The van der Waals surface area contributed by atoms with Crippen LogP contribution in [-0.4, -0.2) is 10.8 Å². The molecule has 0 atom stereocenters. The number of nitrogens with one attached hydrogen (secondary N) is 1. The number of thiophene rings is 1.